The van der Waals surface area contributed by atoms with Gasteiger partial charge in [-0.2, -0.15) is 0 Å². The third kappa shape index (κ3) is 4.08. The molecule has 0 unspecified atom stereocenters. The fourth-order valence-corrected chi connectivity index (χ4v) is 6.50. The number of carbonyl (C=O) groups excluding carboxylic acids is 1. The summed E-state index contributed by atoms with van der Waals surface area (Å²) in [5.74, 6) is -0.755. The van der Waals surface area contributed by atoms with Gasteiger partial charge in [0.2, 0.25) is 5.91 Å². The number of ether oxygens (including phenoxy) is 1. The fraction of sp³-hybridized carbons (Fsp3) is 0.167. The van der Waals surface area contributed by atoms with Gasteiger partial charge in [-0.05, 0) is 42.7 Å². The molecule has 0 radical (unpaired) electrons. The van der Waals surface area contributed by atoms with Crippen molar-refractivity contribution in [1.29, 1.82) is 0 Å². The molecule has 0 fully saturated rings. The van der Waals surface area contributed by atoms with Crippen LogP contribution >= 0.6 is 34.4 Å². The number of sulfone groups is 1. The summed E-state index contributed by atoms with van der Waals surface area (Å²) in [5, 5.41) is 2.97. The molecule has 150 valence electrons. The quantitative estimate of drug-likeness (QED) is 0.429. The van der Waals surface area contributed by atoms with E-state index in [1.807, 2.05) is 18.4 Å². The van der Waals surface area contributed by atoms with E-state index in [0.29, 0.717) is 10.9 Å². The number of methoxy groups -OCH3 is 1. The van der Waals surface area contributed by atoms with Crippen molar-refractivity contribution in [1.82, 2.24) is 9.97 Å². The Labute approximate surface area is 179 Å². The number of carbonyl (C=O) groups is 1. The van der Waals surface area contributed by atoms with Gasteiger partial charge in [0.1, 0.15) is 11.5 Å². The van der Waals surface area contributed by atoms with E-state index in [0.717, 1.165) is 24.8 Å². The predicted octanol–water partition coefficient (Wildman–Crippen LogP) is 4.05. The van der Waals surface area contributed by atoms with Crippen LogP contribution in [0.25, 0.3) is 20.4 Å². The Morgan fingerprint density at radius 2 is 1.72 bits per heavy atom. The van der Waals surface area contributed by atoms with Gasteiger partial charge >= 0.3 is 0 Å². The molecule has 11 heteroatoms. The maximum absolute atomic E-state index is 12.5. The summed E-state index contributed by atoms with van der Waals surface area (Å²) in [7, 11) is -2.27. The first-order valence-corrected chi connectivity index (χ1v) is 12.8. The number of hydrogen-bond donors (Lipinski definition) is 1. The van der Waals surface area contributed by atoms with Crippen LogP contribution in [0.2, 0.25) is 0 Å². The van der Waals surface area contributed by atoms with Crippen LogP contribution in [0.1, 0.15) is 0 Å². The summed E-state index contributed by atoms with van der Waals surface area (Å²) in [4.78, 5) is 21.4. The van der Waals surface area contributed by atoms with Crippen molar-refractivity contribution in [2.24, 2.45) is 0 Å². The van der Waals surface area contributed by atoms with E-state index in [4.69, 9.17) is 4.74 Å². The third-order valence-electron chi connectivity index (χ3n) is 4.05. The Balaban J connectivity index is 1.55. The van der Waals surface area contributed by atoms with E-state index in [9.17, 15) is 13.2 Å². The molecule has 1 N–H and O–H groups in total. The molecule has 2 heterocycles. The van der Waals surface area contributed by atoms with Gasteiger partial charge in [0.25, 0.3) is 0 Å². The molecule has 4 rings (SSSR count). The highest BCUT2D eigenvalue weighted by Gasteiger charge is 2.21. The van der Waals surface area contributed by atoms with E-state index in [-0.39, 0.29) is 4.90 Å². The Bertz CT molecular complexity index is 1310. The molecular formula is C18H15N3O4S4. The van der Waals surface area contributed by atoms with E-state index in [2.05, 4.69) is 15.3 Å². The summed E-state index contributed by atoms with van der Waals surface area (Å²) >= 11 is 4.46. The average molecular weight is 466 g/mol. The van der Waals surface area contributed by atoms with Crippen LogP contribution in [0, 0.1) is 0 Å². The predicted molar refractivity (Wildman–Crippen MR) is 118 cm³/mol. The SMILES string of the molecule is COc1ccc(S(=O)(=O)CC(=O)Nc2nc3ccc4nc(SC)sc4c3s2)cc1. The fourth-order valence-electron chi connectivity index (χ4n) is 2.69. The number of thioether (sulfide) groups is 1. The standard InChI is InChI=1S/C18H15N3O4S4/c1-25-10-3-5-11(6-4-10)29(23,24)9-14(22)21-17-19-12-7-8-13-16(15(12)27-17)28-18(20-13)26-2/h3-8H,9H2,1-2H3,(H,19,21,22). The lowest BCUT2D eigenvalue weighted by molar-refractivity contribution is -0.113. The van der Waals surface area contributed by atoms with Crippen molar-refractivity contribution >= 4 is 75.7 Å². The van der Waals surface area contributed by atoms with Crippen molar-refractivity contribution in [2.75, 3.05) is 24.4 Å². The number of anilines is 1. The summed E-state index contributed by atoms with van der Waals surface area (Å²) in [5.41, 5.74) is 1.63. The van der Waals surface area contributed by atoms with Gasteiger partial charge in [-0.15, -0.1) is 11.3 Å². The van der Waals surface area contributed by atoms with Gasteiger partial charge in [0.05, 0.1) is 32.4 Å². The number of benzene rings is 2. The van der Waals surface area contributed by atoms with Crippen LogP contribution < -0.4 is 10.1 Å². The largest absolute Gasteiger partial charge is 0.497 e. The first-order chi connectivity index (χ1) is 13.9. The van der Waals surface area contributed by atoms with Crippen LogP contribution in [0.15, 0.2) is 45.6 Å². The summed E-state index contributed by atoms with van der Waals surface area (Å²) in [6, 6.07) is 9.67. The summed E-state index contributed by atoms with van der Waals surface area (Å²) in [6.45, 7) is 0. The van der Waals surface area contributed by atoms with E-state index in [1.165, 1.54) is 30.6 Å². The molecule has 0 saturated carbocycles. The minimum atomic E-state index is -3.77. The second-order valence-corrected chi connectivity index (χ2v) is 11.0. The molecule has 0 aliphatic rings. The van der Waals surface area contributed by atoms with Gasteiger partial charge in [-0.1, -0.05) is 23.1 Å². The van der Waals surface area contributed by atoms with Crippen molar-refractivity contribution in [3.05, 3.63) is 36.4 Å². The number of amides is 1. The lowest BCUT2D eigenvalue weighted by Gasteiger charge is -2.05. The van der Waals surface area contributed by atoms with E-state index in [1.54, 1.807) is 35.2 Å². The van der Waals surface area contributed by atoms with Gasteiger partial charge in [0, 0.05) is 0 Å². The molecule has 29 heavy (non-hydrogen) atoms. The molecule has 7 nitrogen and oxygen atoms in total. The highest BCUT2D eigenvalue weighted by atomic mass is 32.2. The summed E-state index contributed by atoms with van der Waals surface area (Å²) < 4.78 is 32.9. The van der Waals surface area contributed by atoms with Gasteiger partial charge in [0.15, 0.2) is 19.3 Å². The lowest BCUT2D eigenvalue weighted by Crippen LogP contribution is -2.22. The number of nitrogens with one attached hydrogen (secondary N) is 1. The lowest BCUT2D eigenvalue weighted by atomic mass is 10.3. The van der Waals surface area contributed by atoms with Gasteiger partial charge in [-0.25, -0.2) is 18.4 Å². The number of nitrogens with zero attached hydrogens (tertiary/aromatic N) is 2. The average Bonchev–Trinajstić information content (AvgIpc) is 3.30. The zero-order valence-electron chi connectivity index (χ0n) is 15.3. The van der Waals surface area contributed by atoms with Gasteiger partial charge < -0.3 is 10.1 Å². The Morgan fingerprint density at radius 1 is 1.07 bits per heavy atom. The van der Waals surface area contributed by atoms with Crippen molar-refractivity contribution in [2.45, 2.75) is 9.24 Å². The van der Waals surface area contributed by atoms with Gasteiger partial charge in [-0.3, -0.25) is 4.79 Å². The normalized spacial score (nSPS) is 11.8. The number of hydrogen-bond acceptors (Lipinski definition) is 9. The topological polar surface area (TPSA) is 98.2 Å². The minimum absolute atomic E-state index is 0.0636. The zero-order chi connectivity index (χ0) is 20.6. The van der Waals surface area contributed by atoms with Crippen molar-refractivity contribution < 1.29 is 17.9 Å². The number of fused-ring (bicyclic) bond motifs is 3. The first-order valence-electron chi connectivity index (χ1n) is 8.30. The Morgan fingerprint density at radius 3 is 2.38 bits per heavy atom. The highest BCUT2D eigenvalue weighted by Crippen LogP contribution is 2.38. The molecule has 0 aliphatic carbocycles. The third-order valence-corrected chi connectivity index (χ3v) is 8.89. The molecule has 0 atom stereocenters. The molecule has 2 aromatic carbocycles. The minimum Gasteiger partial charge on any atom is -0.497 e. The molecule has 2 aromatic heterocycles. The molecule has 0 saturated heterocycles. The number of thiazole rings is 2. The Kier molecular flexibility index (Phi) is 5.47. The Hall–Kier alpha value is -2.21. The number of rotatable bonds is 6. The second kappa shape index (κ2) is 7.90. The van der Waals surface area contributed by atoms with Crippen LogP contribution in [0.3, 0.4) is 0 Å². The monoisotopic (exact) mass is 465 g/mol. The molecule has 0 aliphatic heterocycles. The molecule has 1 amide bonds. The zero-order valence-corrected chi connectivity index (χ0v) is 18.6. The first kappa shape index (κ1) is 20.1. The highest BCUT2D eigenvalue weighted by molar-refractivity contribution is 8.00. The molecule has 0 spiro atoms. The van der Waals surface area contributed by atoms with Crippen LogP contribution in [0.5, 0.6) is 5.75 Å². The molecular weight excluding hydrogens is 450 g/mol. The summed E-state index contributed by atoms with van der Waals surface area (Å²) in [6.07, 6.45) is 1.97. The number of aromatic nitrogens is 2. The molecule has 0 bridgehead atoms. The maximum Gasteiger partial charge on any atom is 0.241 e. The van der Waals surface area contributed by atoms with Crippen molar-refractivity contribution in [3.63, 3.8) is 0 Å². The maximum atomic E-state index is 12.5. The molecule has 4 aromatic rings. The smallest absolute Gasteiger partial charge is 0.241 e. The van der Waals surface area contributed by atoms with Crippen LogP contribution in [0.4, 0.5) is 5.13 Å². The van der Waals surface area contributed by atoms with E-state index >= 15 is 0 Å². The van der Waals surface area contributed by atoms with Crippen LogP contribution in [-0.4, -0.2) is 43.4 Å². The van der Waals surface area contributed by atoms with Crippen LogP contribution in [-0.2, 0) is 14.6 Å². The van der Waals surface area contributed by atoms with Crippen molar-refractivity contribution in [3.8, 4) is 5.75 Å². The van der Waals surface area contributed by atoms with E-state index < -0.39 is 21.5 Å². The second-order valence-electron chi connectivity index (χ2n) is 5.95.